The van der Waals surface area contributed by atoms with Crippen LogP contribution in [0.3, 0.4) is 0 Å². The van der Waals surface area contributed by atoms with Gasteiger partial charge in [0.2, 0.25) is 10.0 Å². The zero-order valence-corrected chi connectivity index (χ0v) is 13.4. The molecular weight excluding hydrogens is 276 g/mol. The minimum atomic E-state index is -3.54. The number of hydrogen-bond acceptors (Lipinski definition) is 4. The number of methoxy groups -OCH3 is 1. The second kappa shape index (κ2) is 7.61. The Hall–Kier alpha value is -1.11. The fourth-order valence-electron chi connectivity index (χ4n) is 1.72. The molecule has 1 aromatic rings. The van der Waals surface area contributed by atoms with Crippen molar-refractivity contribution in [3.8, 4) is 5.75 Å². The maximum atomic E-state index is 12.3. The Morgan fingerprint density at radius 3 is 2.60 bits per heavy atom. The van der Waals surface area contributed by atoms with Crippen LogP contribution < -0.4 is 14.8 Å². The van der Waals surface area contributed by atoms with E-state index in [9.17, 15) is 8.42 Å². The van der Waals surface area contributed by atoms with Crippen LogP contribution in [0, 0.1) is 5.92 Å². The normalized spacial score (nSPS) is 13.2. The molecule has 1 atom stereocenters. The average Bonchev–Trinajstić information content (AvgIpc) is 2.44. The van der Waals surface area contributed by atoms with Gasteiger partial charge in [0, 0.05) is 13.1 Å². The Morgan fingerprint density at radius 1 is 1.35 bits per heavy atom. The second-order valence-corrected chi connectivity index (χ2v) is 6.62. The standard InChI is InChI=1S/C14H24N2O3S/c1-5-11(2)9-16-20(17,18)14-7-6-12(10-15-3)8-13(14)19-4/h6-8,11,15-16H,5,9-10H2,1-4H3. The predicted octanol–water partition coefficient (Wildman–Crippen LogP) is 1.74. The van der Waals surface area contributed by atoms with Crippen LogP contribution in [0.15, 0.2) is 23.1 Å². The highest BCUT2D eigenvalue weighted by Crippen LogP contribution is 2.25. The maximum absolute atomic E-state index is 12.3. The molecule has 0 aliphatic carbocycles. The minimum Gasteiger partial charge on any atom is -0.495 e. The van der Waals surface area contributed by atoms with Gasteiger partial charge in [0.15, 0.2) is 0 Å². The quantitative estimate of drug-likeness (QED) is 0.767. The van der Waals surface area contributed by atoms with Gasteiger partial charge in [0.25, 0.3) is 0 Å². The van der Waals surface area contributed by atoms with Gasteiger partial charge < -0.3 is 10.1 Å². The highest BCUT2D eigenvalue weighted by atomic mass is 32.2. The molecule has 1 aromatic carbocycles. The Morgan fingerprint density at radius 2 is 2.05 bits per heavy atom. The molecule has 20 heavy (non-hydrogen) atoms. The van der Waals surface area contributed by atoms with Gasteiger partial charge in [0.05, 0.1) is 7.11 Å². The lowest BCUT2D eigenvalue weighted by atomic mass is 10.1. The van der Waals surface area contributed by atoms with Gasteiger partial charge in [-0.3, -0.25) is 0 Å². The first-order chi connectivity index (χ1) is 9.44. The van der Waals surface area contributed by atoms with Crippen LogP contribution in [0.25, 0.3) is 0 Å². The van der Waals surface area contributed by atoms with Gasteiger partial charge >= 0.3 is 0 Å². The Balaban J connectivity index is 2.99. The van der Waals surface area contributed by atoms with E-state index >= 15 is 0 Å². The van der Waals surface area contributed by atoms with Gasteiger partial charge in [0.1, 0.15) is 10.6 Å². The summed E-state index contributed by atoms with van der Waals surface area (Å²) in [5.74, 6) is 0.675. The summed E-state index contributed by atoms with van der Waals surface area (Å²) in [5, 5.41) is 3.02. The number of rotatable bonds is 8. The van der Waals surface area contributed by atoms with Crippen molar-refractivity contribution in [2.24, 2.45) is 5.92 Å². The average molecular weight is 300 g/mol. The lowest BCUT2D eigenvalue weighted by Crippen LogP contribution is -2.28. The summed E-state index contributed by atoms with van der Waals surface area (Å²) in [6, 6.07) is 5.12. The van der Waals surface area contributed by atoms with Gasteiger partial charge in [-0.2, -0.15) is 0 Å². The largest absolute Gasteiger partial charge is 0.495 e. The van der Waals surface area contributed by atoms with E-state index in [0.717, 1.165) is 12.0 Å². The van der Waals surface area contributed by atoms with Gasteiger partial charge in [-0.05, 0) is 30.7 Å². The summed E-state index contributed by atoms with van der Waals surface area (Å²) in [7, 11) is -0.219. The third-order valence-electron chi connectivity index (χ3n) is 3.22. The molecule has 0 saturated carbocycles. The molecule has 0 aliphatic heterocycles. The molecule has 0 fully saturated rings. The molecule has 5 nitrogen and oxygen atoms in total. The first kappa shape index (κ1) is 16.9. The summed E-state index contributed by atoms with van der Waals surface area (Å²) in [4.78, 5) is 0.183. The van der Waals surface area contributed by atoms with Crippen LogP contribution in [-0.2, 0) is 16.6 Å². The second-order valence-electron chi connectivity index (χ2n) is 4.88. The van der Waals surface area contributed by atoms with Crippen LogP contribution in [0.5, 0.6) is 5.75 Å². The van der Waals surface area contributed by atoms with Gasteiger partial charge in [-0.1, -0.05) is 26.3 Å². The zero-order valence-electron chi connectivity index (χ0n) is 12.6. The van der Waals surface area contributed by atoms with Crippen LogP contribution in [0.2, 0.25) is 0 Å². The summed E-state index contributed by atoms with van der Waals surface area (Å²) in [6.07, 6.45) is 0.931. The van der Waals surface area contributed by atoms with E-state index in [1.165, 1.54) is 7.11 Å². The lowest BCUT2D eigenvalue weighted by molar-refractivity contribution is 0.401. The summed E-state index contributed by atoms with van der Waals surface area (Å²) in [5.41, 5.74) is 0.977. The molecule has 114 valence electrons. The molecule has 6 heteroatoms. The molecule has 0 bridgehead atoms. The fourth-order valence-corrected chi connectivity index (χ4v) is 3.04. The van der Waals surface area contributed by atoms with E-state index in [-0.39, 0.29) is 4.90 Å². The maximum Gasteiger partial charge on any atom is 0.244 e. The number of sulfonamides is 1. The zero-order chi connectivity index (χ0) is 15.2. The van der Waals surface area contributed by atoms with E-state index in [1.54, 1.807) is 18.2 Å². The Bertz CT molecular complexity index is 529. The highest BCUT2D eigenvalue weighted by Gasteiger charge is 2.20. The lowest BCUT2D eigenvalue weighted by Gasteiger charge is -2.14. The first-order valence-corrected chi connectivity index (χ1v) is 8.24. The molecule has 0 spiro atoms. The Labute approximate surface area is 121 Å². The van der Waals surface area contributed by atoms with Crippen molar-refractivity contribution in [2.45, 2.75) is 31.7 Å². The van der Waals surface area contributed by atoms with Gasteiger partial charge in [-0.25, -0.2) is 13.1 Å². The third kappa shape index (κ3) is 4.47. The first-order valence-electron chi connectivity index (χ1n) is 6.75. The van der Waals surface area contributed by atoms with Gasteiger partial charge in [-0.15, -0.1) is 0 Å². The van der Waals surface area contributed by atoms with E-state index in [2.05, 4.69) is 10.0 Å². The molecular formula is C14H24N2O3S. The van der Waals surface area contributed by atoms with Crippen LogP contribution >= 0.6 is 0 Å². The van der Waals surface area contributed by atoms with Crippen LogP contribution in [-0.4, -0.2) is 29.1 Å². The molecule has 2 N–H and O–H groups in total. The van der Waals surface area contributed by atoms with E-state index in [4.69, 9.17) is 4.74 Å². The van der Waals surface area contributed by atoms with Crippen LogP contribution in [0.4, 0.5) is 0 Å². The molecule has 0 saturated heterocycles. The molecule has 1 unspecified atom stereocenters. The number of hydrogen-bond donors (Lipinski definition) is 2. The van der Waals surface area contributed by atoms with E-state index < -0.39 is 10.0 Å². The molecule has 0 radical (unpaired) electrons. The summed E-state index contributed by atoms with van der Waals surface area (Å²) in [6.45, 7) is 5.14. The van der Waals surface area contributed by atoms with Crippen molar-refractivity contribution in [1.29, 1.82) is 0 Å². The van der Waals surface area contributed by atoms with E-state index in [0.29, 0.717) is 24.8 Å². The van der Waals surface area contributed by atoms with Crippen molar-refractivity contribution in [1.82, 2.24) is 10.0 Å². The summed E-state index contributed by atoms with van der Waals surface area (Å²) < 4.78 is 32.4. The number of nitrogens with one attached hydrogen (secondary N) is 2. The van der Waals surface area contributed by atoms with Crippen molar-refractivity contribution < 1.29 is 13.2 Å². The SMILES string of the molecule is CCC(C)CNS(=O)(=O)c1ccc(CNC)cc1OC. The molecule has 0 aromatic heterocycles. The van der Waals surface area contributed by atoms with Crippen molar-refractivity contribution in [3.05, 3.63) is 23.8 Å². The Kier molecular flexibility index (Phi) is 6.45. The monoisotopic (exact) mass is 300 g/mol. The topological polar surface area (TPSA) is 67.4 Å². The third-order valence-corrected chi connectivity index (χ3v) is 4.68. The number of ether oxygens (including phenoxy) is 1. The fraction of sp³-hybridized carbons (Fsp3) is 0.571. The molecule has 1 rings (SSSR count). The van der Waals surface area contributed by atoms with Crippen molar-refractivity contribution >= 4 is 10.0 Å². The molecule has 0 aliphatic rings. The highest BCUT2D eigenvalue weighted by molar-refractivity contribution is 7.89. The van der Waals surface area contributed by atoms with E-state index in [1.807, 2.05) is 20.9 Å². The summed E-state index contributed by atoms with van der Waals surface area (Å²) >= 11 is 0. The molecule has 0 amide bonds. The minimum absolute atomic E-state index is 0.183. The predicted molar refractivity (Wildman–Crippen MR) is 80.4 cm³/mol. The van der Waals surface area contributed by atoms with Crippen LogP contribution in [0.1, 0.15) is 25.8 Å². The van der Waals surface area contributed by atoms with Crippen molar-refractivity contribution in [3.63, 3.8) is 0 Å². The molecule has 0 heterocycles. The smallest absolute Gasteiger partial charge is 0.244 e. The number of benzene rings is 1. The van der Waals surface area contributed by atoms with Crippen molar-refractivity contribution in [2.75, 3.05) is 20.7 Å².